The SMILES string of the molecule is COC(=O)C1(O)C[C@H](c2ccc(C)cc2)C2=C(CCCC2=O)O1. The molecule has 1 heterocycles. The molecule has 3 rings (SSSR count). The third-order valence-corrected chi connectivity index (χ3v) is 4.51. The Morgan fingerprint density at radius 2 is 2.00 bits per heavy atom. The van der Waals surface area contributed by atoms with Crippen LogP contribution in [-0.4, -0.2) is 29.8 Å². The van der Waals surface area contributed by atoms with Crippen LogP contribution >= 0.6 is 0 Å². The quantitative estimate of drug-likeness (QED) is 0.848. The second-order valence-corrected chi connectivity index (χ2v) is 6.16. The lowest BCUT2D eigenvalue weighted by Gasteiger charge is -2.39. The number of methoxy groups -OCH3 is 1. The summed E-state index contributed by atoms with van der Waals surface area (Å²) in [6, 6.07) is 7.76. The van der Waals surface area contributed by atoms with Crippen LogP contribution in [0, 0.1) is 6.92 Å². The van der Waals surface area contributed by atoms with E-state index in [1.165, 1.54) is 7.11 Å². The number of esters is 1. The van der Waals surface area contributed by atoms with Crippen molar-refractivity contribution in [1.29, 1.82) is 0 Å². The molecule has 1 aromatic rings. The summed E-state index contributed by atoms with van der Waals surface area (Å²) >= 11 is 0. The first-order chi connectivity index (χ1) is 10.9. The Hall–Kier alpha value is -2.14. The van der Waals surface area contributed by atoms with Gasteiger partial charge in [0, 0.05) is 30.8 Å². The molecule has 1 aromatic carbocycles. The van der Waals surface area contributed by atoms with Gasteiger partial charge in [-0.25, -0.2) is 4.79 Å². The molecule has 1 unspecified atom stereocenters. The molecule has 0 bridgehead atoms. The molecule has 0 saturated carbocycles. The van der Waals surface area contributed by atoms with Gasteiger partial charge in [0.25, 0.3) is 0 Å². The average Bonchev–Trinajstić information content (AvgIpc) is 2.54. The highest BCUT2D eigenvalue weighted by atomic mass is 16.7. The predicted octanol–water partition coefficient (Wildman–Crippen LogP) is 2.37. The third kappa shape index (κ3) is 2.77. The minimum atomic E-state index is -2.04. The molecule has 2 atom stereocenters. The van der Waals surface area contributed by atoms with E-state index < -0.39 is 11.8 Å². The van der Waals surface area contributed by atoms with Crippen molar-refractivity contribution in [2.75, 3.05) is 7.11 Å². The number of hydrogen-bond donors (Lipinski definition) is 1. The molecular formula is C18H20O5. The van der Waals surface area contributed by atoms with Crippen molar-refractivity contribution in [3.8, 4) is 0 Å². The smallest absolute Gasteiger partial charge is 0.379 e. The number of carbonyl (C=O) groups is 2. The van der Waals surface area contributed by atoms with Crippen LogP contribution in [0.2, 0.25) is 0 Å². The highest BCUT2D eigenvalue weighted by molar-refractivity contribution is 5.98. The van der Waals surface area contributed by atoms with Gasteiger partial charge in [-0.15, -0.1) is 0 Å². The largest absolute Gasteiger partial charge is 0.464 e. The summed E-state index contributed by atoms with van der Waals surface area (Å²) in [4.78, 5) is 24.4. The van der Waals surface area contributed by atoms with E-state index in [-0.39, 0.29) is 18.1 Å². The fourth-order valence-electron chi connectivity index (χ4n) is 3.32. The molecule has 0 amide bonds. The van der Waals surface area contributed by atoms with E-state index in [0.29, 0.717) is 30.6 Å². The number of aliphatic hydroxyl groups is 1. The Balaban J connectivity index is 2.08. The van der Waals surface area contributed by atoms with Crippen molar-refractivity contribution in [3.05, 3.63) is 46.7 Å². The van der Waals surface area contributed by atoms with E-state index in [4.69, 9.17) is 4.74 Å². The molecule has 5 heteroatoms. The average molecular weight is 316 g/mol. The Morgan fingerprint density at radius 3 is 2.65 bits per heavy atom. The normalized spacial score (nSPS) is 27.3. The van der Waals surface area contributed by atoms with E-state index in [9.17, 15) is 14.7 Å². The number of Topliss-reactive ketones (excluding diaryl/α,β-unsaturated/α-hetero) is 1. The zero-order valence-corrected chi connectivity index (χ0v) is 13.3. The number of ether oxygens (including phenoxy) is 2. The molecule has 0 aromatic heterocycles. The number of carbonyl (C=O) groups excluding carboxylic acids is 2. The maximum atomic E-state index is 12.4. The van der Waals surface area contributed by atoms with Crippen LogP contribution in [-0.2, 0) is 19.1 Å². The highest BCUT2D eigenvalue weighted by Crippen LogP contribution is 2.45. The molecule has 1 aliphatic carbocycles. The van der Waals surface area contributed by atoms with Crippen molar-refractivity contribution in [1.82, 2.24) is 0 Å². The molecule has 2 aliphatic rings. The van der Waals surface area contributed by atoms with Crippen LogP contribution in [0.3, 0.4) is 0 Å². The summed E-state index contributed by atoms with van der Waals surface area (Å²) in [5.74, 6) is -2.79. The lowest BCUT2D eigenvalue weighted by Crippen LogP contribution is -2.47. The standard InChI is InChI=1S/C18H20O5/c1-11-6-8-12(9-7-11)13-10-18(21,17(20)22-2)23-15-5-3-4-14(19)16(13)15/h6-9,13,21H,3-5,10H2,1-2H3/t13-,18?/m1/s1. The van der Waals surface area contributed by atoms with Gasteiger partial charge >= 0.3 is 11.8 Å². The van der Waals surface area contributed by atoms with Gasteiger partial charge in [0.15, 0.2) is 5.78 Å². The maximum absolute atomic E-state index is 12.4. The summed E-state index contributed by atoms with van der Waals surface area (Å²) in [6.07, 6.45) is 1.66. The zero-order valence-electron chi connectivity index (χ0n) is 13.3. The number of hydrogen-bond acceptors (Lipinski definition) is 5. The minimum absolute atomic E-state index is 0.0205. The summed E-state index contributed by atoms with van der Waals surface area (Å²) < 4.78 is 10.2. The van der Waals surface area contributed by atoms with Crippen molar-refractivity contribution in [2.45, 2.75) is 44.3 Å². The van der Waals surface area contributed by atoms with Crippen LogP contribution in [0.15, 0.2) is 35.6 Å². The zero-order chi connectivity index (χ0) is 16.6. The Bertz CT molecular complexity index is 673. The molecule has 0 spiro atoms. The number of benzene rings is 1. The summed E-state index contributed by atoms with van der Waals surface area (Å²) in [5.41, 5.74) is 2.59. The van der Waals surface area contributed by atoms with Crippen LogP contribution < -0.4 is 0 Å². The van der Waals surface area contributed by atoms with Gasteiger partial charge in [-0.1, -0.05) is 29.8 Å². The van der Waals surface area contributed by atoms with Gasteiger partial charge in [0.05, 0.1) is 7.11 Å². The molecule has 23 heavy (non-hydrogen) atoms. The molecule has 0 fully saturated rings. The van der Waals surface area contributed by atoms with E-state index in [0.717, 1.165) is 11.1 Å². The van der Waals surface area contributed by atoms with Crippen molar-refractivity contribution in [3.63, 3.8) is 0 Å². The van der Waals surface area contributed by atoms with E-state index in [1.807, 2.05) is 31.2 Å². The molecule has 0 radical (unpaired) electrons. The maximum Gasteiger partial charge on any atom is 0.379 e. The summed E-state index contributed by atoms with van der Waals surface area (Å²) in [5, 5.41) is 10.6. The monoisotopic (exact) mass is 316 g/mol. The summed E-state index contributed by atoms with van der Waals surface area (Å²) in [6.45, 7) is 1.98. The van der Waals surface area contributed by atoms with Crippen LogP contribution in [0.1, 0.15) is 42.7 Å². The Kier molecular flexibility index (Phi) is 3.98. The first kappa shape index (κ1) is 15.7. The van der Waals surface area contributed by atoms with Gasteiger partial charge in [-0.05, 0) is 18.9 Å². The number of aryl methyl sites for hydroxylation is 1. The number of rotatable bonds is 2. The second kappa shape index (κ2) is 5.81. The van der Waals surface area contributed by atoms with Crippen LogP contribution in [0.25, 0.3) is 0 Å². The van der Waals surface area contributed by atoms with Crippen molar-refractivity contribution in [2.24, 2.45) is 0 Å². The molecular weight excluding hydrogens is 296 g/mol. The van der Waals surface area contributed by atoms with E-state index in [2.05, 4.69) is 4.74 Å². The van der Waals surface area contributed by atoms with E-state index >= 15 is 0 Å². The van der Waals surface area contributed by atoms with Gasteiger partial charge in [0.1, 0.15) is 5.76 Å². The highest BCUT2D eigenvalue weighted by Gasteiger charge is 2.50. The Labute approximate surface area is 134 Å². The molecule has 0 saturated heterocycles. The lowest BCUT2D eigenvalue weighted by atomic mass is 9.77. The van der Waals surface area contributed by atoms with Crippen molar-refractivity contribution < 1.29 is 24.2 Å². The van der Waals surface area contributed by atoms with Crippen LogP contribution in [0.4, 0.5) is 0 Å². The van der Waals surface area contributed by atoms with Gasteiger partial charge in [-0.2, -0.15) is 0 Å². The van der Waals surface area contributed by atoms with Gasteiger partial charge in [-0.3, -0.25) is 4.79 Å². The fourth-order valence-corrected chi connectivity index (χ4v) is 3.32. The lowest BCUT2D eigenvalue weighted by molar-refractivity contribution is -0.222. The third-order valence-electron chi connectivity index (χ3n) is 4.51. The summed E-state index contributed by atoms with van der Waals surface area (Å²) in [7, 11) is 1.21. The second-order valence-electron chi connectivity index (χ2n) is 6.16. The fraction of sp³-hybridized carbons (Fsp3) is 0.444. The van der Waals surface area contributed by atoms with Crippen molar-refractivity contribution >= 4 is 11.8 Å². The van der Waals surface area contributed by atoms with Crippen LogP contribution in [0.5, 0.6) is 0 Å². The molecule has 5 nitrogen and oxygen atoms in total. The Morgan fingerprint density at radius 1 is 1.30 bits per heavy atom. The van der Waals surface area contributed by atoms with Gasteiger partial charge < -0.3 is 14.6 Å². The first-order valence-electron chi connectivity index (χ1n) is 7.77. The number of ketones is 1. The molecule has 1 aliphatic heterocycles. The molecule has 1 N–H and O–H groups in total. The van der Waals surface area contributed by atoms with Gasteiger partial charge in [0.2, 0.25) is 0 Å². The van der Waals surface area contributed by atoms with E-state index in [1.54, 1.807) is 0 Å². The molecule has 122 valence electrons. The number of allylic oxidation sites excluding steroid dienone is 2. The minimum Gasteiger partial charge on any atom is -0.464 e. The topological polar surface area (TPSA) is 72.8 Å². The predicted molar refractivity (Wildman–Crippen MR) is 82.5 cm³/mol. The first-order valence-corrected chi connectivity index (χ1v) is 7.77.